The Morgan fingerprint density at radius 1 is 1.35 bits per heavy atom. The lowest BCUT2D eigenvalue weighted by Gasteiger charge is -2.13. The summed E-state index contributed by atoms with van der Waals surface area (Å²) in [7, 11) is 2.00. The van der Waals surface area contributed by atoms with E-state index in [9.17, 15) is 0 Å². The fourth-order valence-electron chi connectivity index (χ4n) is 2.48. The van der Waals surface area contributed by atoms with Crippen LogP contribution in [0.5, 0.6) is 0 Å². The number of likely N-dealkylation sites (tertiary alicyclic amines) is 1. The number of guanidine groups is 1. The van der Waals surface area contributed by atoms with Gasteiger partial charge in [0.15, 0.2) is 5.69 Å². The van der Waals surface area contributed by atoms with Crippen molar-refractivity contribution in [3.8, 4) is 0 Å². The van der Waals surface area contributed by atoms with Crippen LogP contribution in [0.3, 0.4) is 0 Å². The first-order chi connectivity index (χ1) is 9.75. The molecule has 1 aliphatic rings. The Labute approximate surface area is 117 Å². The fraction of sp³-hybridized carbons (Fsp3) is 0.357. The van der Waals surface area contributed by atoms with Crippen molar-refractivity contribution in [2.75, 3.05) is 13.1 Å². The molecule has 3 rings (SSSR count). The number of nitrogens with two attached hydrogens (primary N) is 1. The molecule has 1 fully saturated rings. The van der Waals surface area contributed by atoms with Gasteiger partial charge < -0.3 is 10.6 Å². The number of hydrogen-bond acceptors (Lipinski definition) is 2. The van der Waals surface area contributed by atoms with Crippen molar-refractivity contribution in [2.45, 2.75) is 12.8 Å². The largest absolute Gasteiger partial charge is 0.368 e. The summed E-state index contributed by atoms with van der Waals surface area (Å²) in [6, 6.07) is 6.07. The molecule has 6 heteroatoms. The molecular formula is C14H19N6+. The van der Waals surface area contributed by atoms with Crippen molar-refractivity contribution in [2.24, 2.45) is 23.0 Å². The minimum atomic E-state index is 0.505. The number of imidazole rings is 1. The summed E-state index contributed by atoms with van der Waals surface area (Å²) in [5, 5.41) is 8.18. The normalized spacial score (nSPS) is 16.6. The molecule has 1 aliphatic heterocycles. The van der Waals surface area contributed by atoms with Gasteiger partial charge in [-0.3, -0.25) is 0 Å². The molecule has 6 nitrogen and oxygen atoms in total. The summed E-state index contributed by atoms with van der Waals surface area (Å²) < 4.78 is 4.11. The fourth-order valence-corrected chi connectivity index (χ4v) is 2.48. The van der Waals surface area contributed by atoms with E-state index in [1.54, 1.807) is 6.21 Å². The highest BCUT2D eigenvalue weighted by Crippen LogP contribution is 2.06. The number of pyridine rings is 1. The third-order valence-corrected chi connectivity index (χ3v) is 3.65. The minimum Gasteiger partial charge on any atom is -0.368 e. The van der Waals surface area contributed by atoms with Crippen molar-refractivity contribution >= 4 is 17.8 Å². The van der Waals surface area contributed by atoms with Crippen LogP contribution >= 0.6 is 0 Å². The van der Waals surface area contributed by atoms with E-state index in [0.29, 0.717) is 5.96 Å². The number of nitrogens with zero attached hydrogens (tertiary/aromatic N) is 5. The molecule has 0 atom stereocenters. The molecule has 0 aromatic carbocycles. The average molecular weight is 271 g/mol. The number of hydrogen-bond donors (Lipinski definition) is 1. The molecule has 0 unspecified atom stereocenters. The third-order valence-electron chi connectivity index (χ3n) is 3.65. The van der Waals surface area contributed by atoms with E-state index in [4.69, 9.17) is 5.73 Å². The molecule has 0 radical (unpaired) electrons. The van der Waals surface area contributed by atoms with Crippen LogP contribution in [0, 0.1) is 0 Å². The lowest BCUT2D eigenvalue weighted by atomic mass is 10.4. The van der Waals surface area contributed by atoms with E-state index in [1.807, 2.05) is 31.6 Å². The first-order valence-electron chi connectivity index (χ1n) is 6.83. The van der Waals surface area contributed by atoms with E-state index in [0.717, 1.165) is 24.4 Å². The lowest BCUT2D eigenvalue weighted by molar-refractivity contribution is -0.510. The molecule has 20 heavy (non-hydrogen) atoms. The molecule has 2 aromatic heterocycles. The zero-order chi connectivity index (χ0) is 13.9. The Hall–Kier alpha value is -2.37. The van der Waals surface area contributed by atoms with Crippen molar-refractivity contribution in [1.82, 2.24) is 9.47 Å². The second-order valence-electron chi connectivity index (χ2n) is 4.98. The molecule has 2 aromatic rings. The predicted octanol–water partition coefficient (Wildman–Crippen LogP) is 0.508. The summed E-state index contributed by atoms with van der Waals surface area (Å²) in [4.78, 5) is 2.06. The van der Waals surface area contributed by atoms with E-state index in [-0.39, 0.29) is 0 Å². The first-order valence-corrected chi connectivity index (χ1v) is 6.83. The van der Waals surface area contributed by atoms with Crippen molar-refractivity contribution in [1.29, 1.82) is 0 Å². The summed E-state index contributed by atoms with van der Waals surface area (Å²) >= 11 is 0. The Morgan fingerprint density at radius 2 is 2.15 bits per heavy atom. The Kier molecular flexibility index (Phi) is 3.37. The molecular weight excluding hydrogens is 252 g/mol. The lowest BCUT2D eigenvalue weighted by Crippen LogP contribution is -2.34. The highest BCUT2D eigenvalue weighted by atomic mass is 15.4. The zero-order valence-electron chi connectivity index (χ0n) is 11.6. The number of fused-ring (bicyclic) bond motifs is 1. The topological polar surface area (TPSA) is 63.0 Å². The van der Waals surface area contributed by atoms with Gasteiger partial charge in [-0.2, -0.15) is 5.10 Å². The van der Waals surface area contributed by atoms with Crippen LogP contribution in [0.25, 0.3) is 5.65 Å². The van der Waals surface area contributed by atoms with Gasteiger partial charge in [-0.25, -0.2) is 8.97 Å². The van der Waals surface area contributed by atoms with Crippen molar-refractivity contribution in [3.05, 3.63) is 36.3 Å². The molecule has 2 N–H and O–H groups in total. The molecule has 0 aliphatic carbocycles. The van der Waals surface area contributed by atoms with Crippen LogP contribution < -0.4 is 10.1 Å². The van der Waals surface area contributed by atoms with Crippen LogP contribution in [-0.4, -0.2) is 34.7 Å². The highest BCUT2D eigenvalue weighted by Gasteiger charge is 2.13. The molecule has 1 saturated heterocycles. The number of aryl methyl sites for hydroxylation is 1. The maximum Gasteiger partial charge on any atom is 0.286 e. The van der Waals surface area contributed by atoms with Gasteiger partial charge in [0.05, 0.1) is 13.2 Å². The van der Waals surface area contributed by atoms with Crippen LogP contribution in [0.1, 0.15) is 18.5 Å². The first kappa shape index (κ1) is 12.7. The van der Waals surface area contributed by atoms with E-state index < -0.39 is 0 Å². The average Bonchev–Trinajstić information content (AvgIpc) is 3.09. The van der Waals surface area contributed by atoms with Crippen molar-refractivity contribution in [3.63, 3.8) is 0 Å². The van der Waals surface area contributed by atoms with Gasteiger partial charge in [0.2, 0.25) is 5.96 Å². The van der Waals surface area contributed by atoms with Gasteiger partial charge in [-0.15, -0.1) is 5.10 Å². The zero-order valence-corrected chi connectivity index (χ0v) is 11.6. The molecule has 3 heterocycles. The summed E-state index contributed by atoms with van der Waals surface area (Å²) in [6.07, 6.45) is 8.12. The standard InChI is InChI=1S/C14H19N6/c1-18-12(11-20-9-3-2-6-13(18)20)10-16-17-14(15)19-7-4-5-8-19/h2-3,6,9-11H,4-5,7-8H2,1H3,(H2,15,17)/q+1/b16-10+. The summed E-state index contributed by atoms with van der Waals surface area (Å²) in [5.74, 6) is 0.505. The van der Waals surface area contributed by atoms with E-state index >= 15 is 0 Å². The maximum atomic E-state index is 5.91. The quantitative estimate of drug-likeness (QED) is 0.374. The number of rotatable bonds is 2. The van der Waals surface area contributed by atoms with Gasteiger partial charge in [0.1, 0.15) is 12.4 Å². The van der Waals surface area contributed by atoms with Gasteiger partial charge in [0, 0.05) is 19.2 Å². The second kappa shape index (κ2) is 5.32. The summed E-state index contributed by atoms with van der Waals surface area (Å²) in [6.45, 7) is 1.96. The van der Waals surface area contributed by atoms with Crippen LogP contribution in [0.2, 0.25) is 0 Å². The Bertz CT molecular complexity index is 663. The number of aromatic nitrogens is 2. The maximum absolute atomic E-state index is 5.91. The molecule has 0 saturated carbocycles. The molecule has 0 bridgehead atoms. The van der Waals surface area contributed by atoms with Crippen molar-refractivity contribution < 1.29 is 4.40 Å². The van der Waals surface area contributed by atoms with E-state index in [2.05, 4.69) is 30.1 Å². The minimum absolute atomic E-state index is 0.505. The van der Waals surface area contributed by atoms with Crippen LogP contribution in [0.15, 0.2) is 40.8 Å². The van der Waals surface area contributed by atoms with E-state index in [1.165, 1.54) is 12.8 Å². The van der Waals surface area contributed by atoms with Gasteiger partial charge >= 0.3 is 0 Å². The third kappa shape index (κ3) is 2.36. The Morgan fingerprint density at radius 3 is 2.90 bits per heavy atom. The monoisotopic (exact) mass is 271 g/mol. The smallest absolute Gasteiger partial charge is 0.286 e. The van der Waals surface area contributed by atoms with Crippen LogP contribution in [-0.2, 0) is 7.05 Å². The molecule has 0 amide bonds. The SMILES string of the molecule is Cn1c(/C=N/N=C(/N)N2CCCC2)c[n+]2ccccc12. The Balaban J connectivity index is 1.80. The summed E-state index contributed by atoms with van der Waals surface area (Å²) in [5.41, 5.74) is 7.99. The molecule has 104 valence electrons. The highest BCUT2D eigenvalue weighted by molar-refractivity contribution is 5.81. The molecule has 0 spiro atoms. The van der Waals surface area contributed by atoms with Crippen LogP contribution in [0.4, 0.5) is 0 Å². The van der Waals surface area contributed by atoms with Gasteiger partial charge in [0.25, 0.3) is 5.65 Å². The second-order valence-corrected chi connectivity index (χ2v) is 4.98. The van der Waals surface area contributed by atoms with Gasteiger partial charge in [-0.1, -0.05) is 6.07 Å². The van der Waals surface area contributed by atoms with Gasteiger partial charge in [-0.05, 0) is 18.9 Å². The predicted molar refractivity (Wildman–Crippen MR) is 78.6 cm³/mol.